The van der Waals surface area contributed by atoms with Gasteiger partial charge in [-0.25, -0.2) is 19.2 Å². The highest BCUT2D eigenvalue weighted by atomic mass is 16.7. The highest BCUT2D eigenvalue weighted by molar-refractivity contribution is 5.92. The van der Waals surface area contributed by atoms with Crippen molar-refractivity contribution in [2.24, 2.45) is 0 Å². The largest absolute Gasteiger partial charge is 0.497 e. The number of methoxy groups -OCH3 is 4. The minimum absolute atomic E-state index is 0.0599. The second-order valence-corrected chi connectivity index (χ2v) is 11.2. The molecule has 5 atom stereocenters. The molecule has 272 valence electrons. The van der Waals surface area contributed by atoms with Crippen LogP contribution in [0.4, 0.5) is 0 Å². The van der Waals surface area contributed by atoms with Gasteiger partial charge in [0.2, 0.25) is 0 Å². The van der Waals surface area contributed by atoms with Crippen molar-refractivity contribution in [3.8, 4) is 23.0 Å². The summed E-state index contributed by atoms with van der Waals surface area (Å²) < 4.78 is 49.4. The van der Waals surface area contributed by atoms with Crippen LogP contribution in [0.2, 0.25) is 0 Å². The topological polar surface area (TPSA) is 172 Å². The molecule has 1 saturated heterocycles. The number of rotatable bonds is 13. The van der Waals surface area contributed by atoms with E-state index in [-0.39, 0.29) is 22.3 Å². The molecule has 0 radical (unpaired) electrons. The van der Waals surface area contributed by atoms with Crippen LogP contribution >= 0.6 is 0 Å². The van der Waals surface area contributed by atoms with Gasteiger partial charge in [-0.2, -0.15) is 0 Å². The van der Waals surface area contributed by atoms with E-state index in [0.717, 1.165) is 0 Å². The first-order valence-corrected chi connectivity index (χ1v) is 15.8. The van der Waals surface area contributed by atoms with Crippen molar-refractivity contribution in [2.75, 3.05) is 35.0 Å². The van der Waals surface area contributed by atoms with E-state index in [1.54, 1.807) is 12.1 Å². The number of benzene rings is 4. The maximum absolute atomic E-state index is 13.6. The molecule has 0 saturated carbocycles. The molecule has 1 fully saturated rings. The number of carbonyl (C=O) groups is 4. The summed E-state index contributed by atoms with van der Waals surface area (Å²) in [6.45, 7) is -0.585. The molecule has 0 unspecified atom stereocenters. The van der Waals surface area contributed by atoms with E-state index in [2.05, 4.69) is 0 Å². The van der Waals surface area contributed by atoms with Crippen LogP contribution < -0.4 is 18.9 Å². The average Bonchev–Trinajstić information content (AvgIpc) is 3.19. The Balaban J connectivity index is 1.49. The first-order valence-electron chi connectivity index (χ1n) is 15.8. The monoisotopic (exact) mass is 716 g/mol. The van der Waals surface area contributed by atoms with Gasteiger partial charge in [0, 0.05) is 0 Å². The van der Waals surface area contributed by atoms with Gasteiger partial charge in [-0.05, 0) is 97.1 Å². The van der Waals surface area contributed by atoms with Crippen molar-refractivity contribution < 1.29 is 66.9 Å². The molecule has 14 nitrogen and oxygen atoms in total. The van der Waals surface area contributed by atoms with Crippen LogP contribution in [-0.4, -0.2) is 94.7 Å². The zero-order valence-corrected chi connectivity index (χ0v) is 28.6. The van der Waals surface area contributed by atoms with Gasteiger partial charge in [0.1, 0.15) is 35.7 Å². The molecule has 0 spiro atoms. The zero-order chi connectivity index (χ0) is 37.2. The molecule has 1 heterocycles. The van der Waals surface area contributed by atoms with Gasteiger partial charge in [-0.1, -0.05) is 0 Å². The summed E-state index contributed by atoms with van der Waals surface area (Å²) >= 11 is 0. The SMILES string of the molecule is COc1ccc(C(=O)OC[C@H]2O[C@@H](O)[C@H](OC(=O)c3ccc(OC)cc3)[C@@H](OC(=O)c3ccc(OC)cc3)[C@@H]2OC(=O)c2ccc(OC)cc2)cc1. The lowest BCUT2D eigenvalue weighted by atomic mass is 9.97. The molecule has 4 aromatic carbocycles. The molecule has 0 aromatic heterocycles. The lowest BCUT2D eigenvalue weighted by Crippen LogP contribution is -2.62. The third-order valence-corrected chi connectivity index (χ3v) is 8.02. The van der Waals surface area contributed by atoms with Crippen LogP contribution in [0, 0.1) is 0 Å². The Bertz CT molecular complexity index is 1820. The first-order chi connectivity index (χ1) is 25.1. The van der Waals surface area contributed by atoms with E-state index in [1.165, 1.54) is 113 Å². The van der Waals surface area contributed by atoms with Gasteiger partial charge in [0.25, 0.3) is 0 Å². The first kappa shape index (κ1) is 37.1. The fourth-order valence-electron chi connectivity index (χ4n) is 5.16. The number of ether oxygens (including phenoxy) is 9. The Labute approximate surface area is 298 Å². The maximum Gasteiger partial charge on any atom is 0.338 e. The smallest absolute Gasteiger partial charge is 0.338 e. The van der Waals surface area contributed by atoms with E-state index >= 15 is 0 Å². The molecule has 0 aliphatic carbocycles. The van der Waals surface area contributed by atoms with Crippen LogP contribution in [0.5, 0.6) is 23.0 Å². The van der Waals surface area contributed by atoms with Gasteiger partial charge in [-0.15, -0.1) is 0 Å². The van der Waals surface area contributed by atoms with Crippen LogP contribution in [0.25, 0.3) is 0 Å². The normalized spacial score (nSPS) is 19.4. The van der Waals surface area contributed by atoms with Crippen molar-refractivity contribution in [3.63, 3.8) is 0 Å². The van der Waals surface area contributed by atoms with Gasteiger partial charge >= 0.3 is 23.9 Å². The summed E-state index contributed by atoms with van der Waals surface area (Å²) in [7, 11) is 5.86. The Hall–Kier alpha value is -6.12. The number of aliphatic hydroxyl groups is 1. The van der Waals surface area contributed by atoms with Gasteiger partial charge in [-0.3, -0.25) is 0 Å². The van der Waals surface area contributed by atoms with Gasteiger partial charge in [0.05, 0.1) is 50.7 Å². The average molecular weight is 717 g/mol. The molecule has 4 aromatic rings. The lowest BCUT2D eigenvalue weighted by Gasteiger charge is -2.42. The standard InChI is InChI=1S/C38H36O14/c1-44-26-13-5-22(6-14-26)34(39)48-21-30-31(50-35(40)23-7-15-27(45-2)16-8-23)32(51-36(41)24-9-17-28(46-3)18-10-24)33(38(43)49-30)52-37(42)25-11-19-29(47-4)20-12-25/h5-20,30-33,38,43H,21H2,1-4H3/t30-,31-,32+,33-,38-/m1/s1. The predicted octanol–water partition coefficient (Wildman–Crippen LogP) is 4.27. The number of hydrogen-bond acceptors (Lipinski definition) is 14. The Morgan fingerprint density at radius 2 is 0.788 bits per heavy atom. The van der Waals surface area contributed by atoms with E-state index in [0.29, 0.717) is 23.0 Å². The Morgan fingerprint density at radius 3 is 1.13 bits per heavy atom. The molecule has 1 aliphatic heterocycles. The summed E-state index contributed by atoms with van der Waals surface area (Å²) in [6.07, 6.45) is -8.40. The highest BCUT2D eigenvalue weighted by Gasteiger charge is 2.52. The molecule has 5 rings (SSSR count). The van der Waals surface area contributed by atoms with Crippen LogP contribution in [0.1, 0.15) is 41.4 Å². The molecule has 52 heavy (non-hydrogen) atoms. The molecule has 0 amide bonds. The second-order valence-electron chi connectivity index (χ2n) is 11.2. The summed E-state index contributed by atoms with van der Waals surface area (Å²) in [4.78, 5) is 53.5. The Morgan fingerprint density at radius 1 is 0.481 bits per heavy atom. The lowest BCUT2D eigenvalue weighted by molar-refractivity contribution is -0.284. The van der Waals surface area contributed by atoms with Crippen molar-refractivity contribution in [2.45, 2.75) is 30.7 Å². The van der Waals surface area contributed by atoms with E-state index in [9.17, 15) is 24.3 Å². The van der Waals surface area contributed by atoms with Crippen molar-refractivity contribution >= 4 is 23.9 Å². The number of carbonyl (C=O) groups excluding carboxylic acids is 4. The summed E-state index contributed by atoms with van der Waals surface area (Å²) in [6, 6.07) is 23.9. The molecule has 1 N–H and O–H groups in total. The van der Waals surface area contributed by atoms with Gasteiger partial charge in [0.15, 0.2) is 24.6 Å². The fourth-order valence-corrected chi connectivity index (χ4v) is 5.16. The molecule has 0 bridgehead atoms. The predicted molar refractivity (Wildman–Crippen MR) is 181 cm³/mol. The minimum atomic E-state index is -1.95. The van der Waals surface area contributed by atoms with Gasteiger partial charge < -0.3 is 47.7 Å². The third kappa shape index (κ3) is 8.96. The maximum atomic E-state index is 13.6. The molecular weight excluding hydrogens is 680 g/mol. The summed E-state index contributed by atoms with van der Waals surface area (Å²) in [5, 5.41) is 11.3. The molecule has 14 heteroatoms. The molecular formula is C38H36O14. The van der Waals surface area contributed by atoms with Crippen LogP contribution in [0.15, 0.2) is 97.1 Å². The highest BCUT2D eigenvalue weighted by Crippen LogP contribution is 2.31. The summed E-state index contributed by atoms with van der Waals surface area (Å²) in [5.41, 5.74) is 0.367. The molecule has 1 aliphatic rings. The van der Waals surface area contributed by atoms with E-state index < -0.39 is 61.2 Å². The van der Waals surface area contributed by atoms with Crippen LogP contribution in [0.3, 0.4) is 0 Å². The number of esters is 4. The second kappa shape index (κ2) is 17.2. The van der Waals surface area contributed by atoms with E-state index in [4.69, 9.17) is 42.6 Å². The number of aliphatic hydroxyl groups excluding tert-OH is 1. The van der Waals surface area contributed by atoms with Crippen molar-refractivity contribution in [1.82, 2.24) is 0 Å². The fraction of sp³-hybridized carbons (Fsp3) is 0.263. The van der Waals surface area contributed by atoms with Crippen molar-refractivity contribution in [3.05, 3.63) is 119 Å². The quantitative estimate of drug-likeness (QED) is 0.154. The zero-order valence-electron chi connectivity index (χ0n) is 28.6. The Kier molecular flexibility index (Phi) is 12.3. The summed E-state index contributed by atoms with van der Waals surface area (Å²) in [5.74, 6) is -1.60. The van der Waals surface area contributed by atoms with Crippen molar-refractivity contribution in [1.29, 1.82) is 0 Å². The minimum Gasteiger partial charge on any atom is -0.497 e. The van der Waals surface area contributed by atoms with Crippen LogP contribution in [-0.2, 0) is 23.7 Å². The van der Waals surface area contributed by atoms with E-state index in [1.807, 2.05) is 0 Å². The number of hydrogen-bond donors (Lipinski definition) is 1. The third-order valence-electron chi connectivity index (χ3n) is 8.02.